The van der Waals surface area contributed by atoms with Crippen molar-refractivity contribution in [1.82, 2.24) is 0 Å². The van der Waals surface area contributed by atoms with Gasteiger partial charge in [-0.3, -0.25) is 9.59 Å². The van der Waals surface area contributed by atoms with Gasteiger partial charge in [0.15, 0.2) is 6.10 Å². The zero-order chi connectivity index (χ0) is 49.2. The van der Waals surface area contributed by atoms with Crippen LogP contribution in [0.5, 0.6) is 0 Å². The molecule has 380 valence electrons. The summed E-state index contributed by atoms with van der Waals surface area (Å²) in [7, 11) is 5.40. The molecule has 0 aliphatic rings. The molecule has 0 aromatic rings. The van der Waals surface area contributed by atoms with Crippen molar-refractivity contribution in [3.05, 3.63) is 109 Å². The van der Waals surface area contributed by atoms with Crippen LogP contribution in [0.15, 0.2) is 109 Å². The van der Waals surface area contributed by atoms with E-state index in [1.54, 1.807) is 21.1 Å². The Labute approximate surface area is 410 Å². The molecular formula is C59H97NO7. The topological polar surface area (TPSA) is 102 Å². The molecule has 0 aromatic carbocycles. The standard InChI is InChI=1S/C59H97NO7/c1-6-8-10-12-14-16-18-20-22-24-26-28-29-30-32-34-36-38-40-42-44-46-48-50-58(62)67-55(53-65-52-51-56(59(63)64)60(3,4)5)54-66-57(61)49-47-45-43-41-39-37-35-33-31-27-25-23-21-19-17-15-13-11-9-7-2/h8-11,14-17,20-23,26-28,30-32,55-56H,6-7,12-13,18-19,24-25,29,33-54H2,1-5H3/b10-8+,11-9+,16-14+,17-15+,22-20+,23-21+,28-26+,31-27+,32-30+. The number of allylic oxidation sites excluding steroid dienone is 18. The number of hydrogen-bond donors (Lipinski definition) is 0. The van der Waals surface area contributed by atoms with Crippen molar-refractivity contribution in [3.8, 4) is 0 Å². The molecule has 2 atom stereocenters. The van der Waals surface area contributed by atoms with Gasteiger partial charge in [0.2, 0.25) is 0 Å². The molecule has 0 aliphatic carbocycles. The lowest BCUT2D eigenvalue weighted by molar-refractivity contribution is -0.889. The van der Waals surface area contributed by atoms with Crippen LogP contribution in [0.4, 0.5) is 0 Å². The molecule has 0 bridgehead atoms. The van der Waals surface area contributed by atoms with Gasteiger partial charge in [-0.25, -0.2) is 0 Å². The van der Waals surface area contributed by atoms with E-state index in [0.717, 1.165) is 122 Å². The lowest BCUT2D eigenvalue weighted by atomic mass is 10.1. The van der Waals surface area contributed by atoms with Crippen molar-refractivity contribution < 1.29 is 38.2 Å². The quantitative estimate of drug-likeness (QED) is 0.0259. The minimum Gasteiger partial charge on any atom is -0.544 e. The molecule has 0 spiro atoms. The van der Waals surface area contributed by atoms with Crippen molar-refractivity contribution >= 4 is 17.9 Å². The van der Waals surface area contributed by atoms with E-state index in [0.29, 0.717) is 12.8 Å². The fourth-order valence-corrected chi connectivity index (χ4v) is 7.15. The van der Waals surface area contributed by atoms with Crippen molar-refractivity contribution in [2.24, 2.45) is 0 Å². The average Bonchev–Trinajstić information content (AvgIpc) is 3.29. The summed E-state index contributed by atoms with van der Waals surface area (Å²) in [6.45, 7) is 4.41. The zero-order valence-corrected chi connectivity index (χ0v) is 43.3. The number of quaternary nitrogens is 1. The van der Waals surface area contributed by atoms with E-state index in [4.69, 9.17) is 14.2 Å². The molecule has 0 fully saturated rings. The van der Waals surface area contributed by atoms with Gasteiger partial charge < -0.3 is 28.6 Å². The maximum atomic E-state index is 12.8. The number of carboxylic acids is 1. The third-order valence-corrected chi connectivity index (χ3v) is 11.2. The third kappa shape index (κ3) is 46.9. The maximum Gasteiger partial charge on any atom is 0.306 e. The molecule has 8 heteroatoms. The molecule has 0 heterocycles. The SMILES string of the molecule is CC/C=C/C/C=C/C/C=C/C/C=C/C/C=C/CCCCCCCCCC(=O)OC(COCCC(C(=O)[O-])[N+](C)(C)C)COC(=O)CCCCCCCCC/C=C/C/C=C/C/C=C/C/C=C/CC. The molecule has 0 aromatic heterocycles. The normalized spacial score (nSPS) is 13.7. The molecule has 0 saturated carbocycles. The van der Waals surface area contributed by atoms with Crippen LogP contribution in [0.3, 0.4) is 0 Å². The van der Waals surface area contributed by atoms with Gasteiger partial charge in [-0.05, 0) is 96.3 Å². The van der Waals surface area contributed by atoms with Gasteiger partial charge in [0.25, 0.3) is 0 Å². The van der Waals surface area contributed by atoms with Gasteiger partial charge in [0.1, 0.15) is 12.6 Å². The molecule has 8 nitrogen and oxygen atoms in total. The first-order valence-corrected chi connectivity index (χ1v) is 26.4. The molecule has 0 aliphatic heterocycles. The highest BCUT2D eigenvalue weighted by atomic mass is 16.6. The lowest BCUT2D eigenvalue weighted by Gasteiger charge is -2.34. The van der Waals surface area contributed by atoms with E-state index in [2.05, 4.69) is 123 Å². The number of nitrogens with zero attached hydrogens (tertiary/aromatic N) is 1. The minimum atomic E-state index is -1.13. The smallest absolute Gasteiger partial charge is 0.306 e. The highest BCUT2D eigenvalue weighted by Crippen LogP contribution is 2.14. The number of carbonyl (C=O) groups is 3. The molecule has 0 radical (unpaired) electrons. The fourth-order valence-electron chi connectivity index (χ4n) is 7.15. The van der Waals surface area contributed by atoms with E-state index < -0.39 is 18.1 Å². The minimum absolute atomic E-state index is 0.0256. The first-order valence-electron chi connectivity index (χ1n) is 26.4. The van der Waals surface area contributed by atoms with Crippen LogP contribution in [0.2, 0.25) is 0 Å². The second-order valence-corrected chi connectivity index (χ2v) is 18.3. The first-order chi connectivity index (χ1) is 32.6. The predicted octanol–water partition coefficient (Wildman–Crippen LogP) is 14.3. The van der Waals surface area contributed by atoms with Gasteiger partial charge >= 0.3 is 11.9 Å². The second-order valence-electron chi connectivity index (χ2n) is 18.3. The second kappa shape index (κ2) is 48.4. The molecule has 2 unspecified atom stereocenters. The highest BCUT2D eigenvalue weighted by molar-refractivity contribution is 5.70. The van der Waals surface area contributed by atoms with Crippen LogP contribution in [0, 0.1) is 0 Å². The Morgan fingerprint density at radius 1 is 0.448 bits per heavy atom. The number of esters is 2. The van der Waals surface area contributed by atoms with E-state index >= 15 is 0 Å². The van der Waals surface area contributed by atoms with Gasteiger partial charge in [-0.2, -0.15) is 0 Å². The fraction of sp³-hybridized carbons (Fsp3) is 0.644. The summed E-state index contributed by atoms with van der Waals surface area (Å²) in [4.78, 5) is 37.1. The number of carbonyl (C=O) groups excluding carboxylic acids is 3. The predicted molar refractivity (Wildman–Crippen MR) is 281 cm³/mol. The molecule has 0 N–H and O–H groups in total. The average molecular weight is 932 g/mol. The number of aliphatic carboxylic acids is 1. The Hall–Kier alpha value is -4.01. The van der Waals surface area contributed by atoms with E-state index in [9.17, 15) is 19.5 Å². The molecule has 0 amide bonds. The summed E-state index contributed by atoms with van der Waals surface area (Å²) < 4.78 is 17.2. The molecule has 67 heavy (non-hydrogen) atoms. The van der Waals surface area contributed by atoms with Crippen LogP contribution < -0.4 is 5.11 Å². The number of hydrogen-bond acceptors (Lipinski definition) is 7. The Balaban J connectivity index is 4.30. The number of carboxylic acid groups (broad SMARTS) is 1. The van der Waals surface area contributed by atoms with Gasteiger partial charge in [0, 0.05) is 19.3 Å². The summed E-state index contributed by atoms with van der Waals surface area (Å²) in [6, 6.07) is -0.737. The summed E-state index contributed by atoms with van der Waals surface area (Å²) in [5.74, 6) is -1.77. The zero-order valence-electron chi connectivity index (χ0n) is 43.3. The molecule has 0 rings (SSSR count). The van der Waals surface area contributed by atoms with Crippen molar-refractivity contribution in [2.45, 2.75) is 206 Å². The van der Waals surface area contributed by atoms with Gasteiger partial charge in [0.05, 0.1) is 40.3 Å². The number of unbranched alkanes of at least 4 members (excludes halogenated alkanes) is 14. The molecule has 0 saturated heterocycles. The van der Waals surface area contributed by atoms with Crippen molar-refractivity contribution in [1.29, 1.82) is 0 Å². The van der Waals surface area contributed by atoms with E-state index in [1.807, 2.05) is 0 Å². The summed E-state index contributed by atoms with van der Waals surface area (Å²) in [6.07, 6.45) is 66.8. The van der Waals surface area contributed by atoms with Crippen molar-refractivity contribution in [2.75, 3.05) is 41.0 Å². The Morgan fingerprint density at radius 2 is 0.791 bits per heavy atom. The largest absolute Gasteiger partial charge is 0.544 e. The number of rotatable bonds is 46. The van der Waals surface area contributed by atoms with Gasteiger partial charge in [-0.1, -0.05) is 187 Å². The number of likely N-dealkylation sites (N-methyl/N-ethyl adjacent to an activating group) is 1. The van der Waals surface area contributed by atoms with Crippen LogP contribution in [-0.4, -0.2) is 75.5 Å². The summed E-state index contributed by atoms with van der Waals surface area (Å²) >= 11 is 0. The monoisotopic (exact) mass is 932 g/mol. The number of ether oxygens (including phenoxy) is 3. The van der Waals surface area contributed by atoms with Gasteiger partial charge in [-0.15, -0.1) is 0 Å². The van der Waals surface area contributed by atoms with E-state index in [-0.39, 0.29) is 42.7 Å². The summed E-state index contributed by atoms with van der Waals surface area (Å²) in [5.41, 5.74) is 0. The Bertz CT molecular complexity index is 1460. The van der Waals surface area contributed by atoms with Crippen molar-refractivity contribution in [3.63, 3.8) is 0 Å². The third-order valence-electron chi connectivity index (χ3n) is 11.2. The van der Waals surface area contributed by atoms with Crippen LogP contribution in [-0.2, 0) is 28.6 Å². The summed E-state index contributed by atoms with van der Waals surface area (Å²) in [5, 5.41) is 11.7. The lowest BCUT2D eigenvalue weighted by Crippen LogP contribution is -2.55. The highest BCUT2D eigenvalue weighted by Gasteiger charge is 2.25. The Kier molecular flexibility index (Phi) is 45.5. The first kappa shape index (κ1) is 63.0. The van der Waals surface area contributed by atoms with Crippen LogP contribution >= 0.6 is 0 Å². The maximum absolute atomic E-state index is 12.8. The van der Waals surface area contributed by atoms with Crippen LogP contribution in [0.1, 0.15) is 194 Å². The van der Waals surface area contributed by atoms with E-state index in [1.165, 1.54) is 38.5 Å². The Morgan fingerprint density at radius 3 is 1.16 bits per heavy atom. The van der Waals surface area contributed by atoms with Crippen LogP contribution in [0.25, 0.3) is 0 Å². The molecular weight excluding hydrogens is 835 g/mol.